The summed E-state index contributed by atoms with van der Waals surface area (Å²) in [7, 11) is -2.49. The Balaban J connectivity index is 1.70. The minimum atomic E-state index is -4.08. The van der Waals surface area contributed by atoms with Gasteiger partial charge in [0, 0.05) is 24.5 Å². The number of hydrogen-bond donors (Lipinski definition) is 3. The smallest absolute Gasteiger partial charge is 0.321 e. The molecule has 0 fully saturated rings. The van der Waals surface area contributed by atoms with E-state index in [0.717, 1.165) is 0 Å². The van der Waals surface area contributed by atoms with Crippen molar-refractivity contribution in [2.45, 2.75) is 44.7 Å². The van der Waals surface area contributed by atoms with Crippen LogP contribution in [0.5, 0.6) is 5.75 Å². The minimum Gasteiger partial charge on any atom is -0.485 e. The van der Waals surface area contributed by atoms with Crippen molar-refractivity contribution in [2.24, 2.45) is 5.92 Å². The molecule has 2 aromatic carbocycles. The summed E-state index contributed by atoms with van der Waals surface area (Å²) < 4.78 is 40.6. The fourth-order valence-corrected chi connectivity index (χ4v) is 5.76. The Morgan fingerprint density at radius 2 is 1.93 bits per heavy atom. The van der Waals surface area contributed by atoms with E-state index in [0.29, 0.717) is 22.2 Å². The number of ether oxygens (including phenoxy) is 1. The molecule has 0 radical (unpaired) electrons. The van der Waals surface area contributed by atoms with Crippen molar-refractivity contribution >= 4 is 44.9 Å². The molecule has 1 aliphatic rings. The molecule has 0 spiro atoms. The Hall–Kier alpha value is -3.81. The molecule has 42 heavy (non-hydrogen) atoms. The number of carbonyl (C=O) groups excluding carboxylic acids is 2. The number of likely N-dealkylation sites (N-methyl/N-ethyl adjacent to an activating group) is 1. The third-order valence-electron chi connectivity index (χ3n) is 7.13. The number of aryl methyl sites for hydroxylation is 2. The van der Waals surface area contributed by atoms with Gasteiger partial charge in [-0.2, -0.15) is 0 Å². The fraction of sp³-hybridized carbons (Fsp3) is 0.393. The van der Waals surface area contributed by atoms with Crippen molar-refractivity contribution in [3.8, 4) is 5.75 Å². The Bertz CT molecular complexity index is 1540. The molecular formula is C28H34ClN5O7S. The fourth-order valence-electron chi connectivity index (χ4n) is 4.58. The number of urea groups is 1. The van der Waals surface area contributed by atoms with Crippen LogP contribution in [-0.2, 0) is 10.0 Å². The molecule has 0 aliphatic carbocycles. The van der Waals surface area contributed by atoms with Crippen LogP contribution in [0.4, 0.5) is 16.2 Å². The molecule has 2 heterocycles. The van der Waals surface area contributed by atoms with Crippen LogP contribution >= 0.6 is 11.6 Å². The molecule has 14 heteroatoms. The van der Waals surface area contributed by atoms with E-state index in [1.54, 1.807) is 33.9 Å². The largest absolute Gasteiger partial charge is 0.485 e. The lowest BCUT2D eigenvalue weighted by Gasteiger charge is -2.38. The topological polar surface area (TPSA) is 154 Å². The molecule has 1 aromatic heterocycles. The lowest BCUT2D eigenvalue weighted by molar-refractivity contribution is 0.0373. The van der Waals surface area contributed by atoms with Gasteiger partial charge in [-0.25, -0.2) is 13.2 Å². The van der Waals surface area contributed by atoms with E-state index in [-0.39, 0.29) is 47.5 Å². The van der Waals surface area contributed by atoms with Crippen LogP contribution in [0, 0.1) is 19.8 Å². The lowest BCUT2D eigenvalue weighted by Crippen LogP contribution is -2.50. The minimum absolute atomic E-state index is 0.0197. The summed E-state index contributed by atoms with van der Waals surface area (Å²) in [5, 5.41) is 16.9. The van der Waals surface area contributed by atoms with Gasteiger partial charge in [0.2, 0.25) is 0 Å². The number of anilines is 2. The summed E-state index contributed by atoms with van der Waals surface area (Å²) in [6, 6.07) is 9.27. The van der Waals surface area contributed by atoms with Gasteiger partial charge in [0.1, 0.15) is 17.5 Å². The number of nitrogens with one attached hydrogen (secondary N) is 2. The zero-order chi connectivity index (χ0) is 30.8. The standard InChI is InChI=1S/C28H34ClN5O7S/c1-16-13-34(17(2)15-35)27(36)22-7-6-8-23(32-42(38,39)21-11-9-20(29)10-12-21)26(22)40-24(16)14-33(5)28(37)30-25-18(3)31-41-19(25)4/h6-12,16-17,24,32,35H,13-15H2,1-5H3,(H,30,37)/t16-,17-,24+/m0/s1. The molecule has 3 aromatic rings. The number of nitrogens with zero attached hydrogens (tertiary/aromatic N) is 3. The number of halogens is 1. The van der Waals surface area contributed by atoms with Gasteiger partial charge in [-0.3, -0.25) is 9.52 Å². The second-order valence-electron chi connectivity index (χ2n) is 10.4. The zero-order valence-corrected chi connectivity index (χ0v) is 25.5. The summed E-state index contributed by atoms with van der Waals surface area (Å²) in [5.74, 6) is -0.269. The van der Waals surface area contributed by atoms with Crippen LogP contribution in [0.3, 0.4) is 0 Å². The number of aliphatic hydroxyl groups is 1. The predicted octanol–water partition coefficient (Wildman–Crippen LogP) is 4.13. The summed E-state index contributed by atoms with van der Waals surface area (Å²) >= 11 is 5.93. The van der Waals surface area contributed by atoms with Gasteiger partial charge in [-0.15, -0.1) is 0 Å². The number of benzene rings is 2. The SMILES string of the molecule is Cc1noc(C)c1NC(=O)N(C)C[C@H]1Oc2c(NS(=O)(=O)c3ccc(Cl)cc3)cccc2C(=O)N([C@@H](C)CO)C[C@@H]1C. The quantitative estimate of drug-likeness (QED) is 0.340. The Kier molecular flexibility index (Phi) is 9.34. The summed E-state index contributed by atoms with van der Waals surface area (Å²) in [6.45, 7) is 7.02. The number of para-hydroxylation sites is 1. The number of carbonyl (C=O) groups is 2. The molecular weight excluding hydrogens is 586 g/mol. The molecule has 0 unspecified atom stereocenters. The van der Waals surface area contributed by atoms with E-state index in [2.05, 4.69) is 15.2 Å². The number of amides is 3. The highest BCUT2D eigenvalue weighted by Gasteiger charge is 2.35. The Morgan fingerprint density at radius 1 is 1.24 bits per heavy atom. The average molecular weight is 620 g/mol. The van der Waals surface area contributed by atoms with Gasteiger partial charge in [-0.1, -0.05) is 29.7 Å². The maximum absolute atomic E-state index is 13.7. The first-order chi connectivity index (χ1) is 19.8. The van der Waals surface area contributed by atoms with Crippen molar-refractivity contribution in [1.29, 1.82) is 0 Å². The number of rotatable bonds is 8. The number of hydrogen-bond acceptors (Lipinski definition) is 8. The average Bonchev–Trinajstić information content (AvgIpc) is 3.26. The molecule has 3 amide bonds. The van der Waals surface area contributed by atoms with Crippen molar-refractivity contribution in [3.05, 3.63) is 64.5 Å². The molecule has 12 nitrogen and oxygen atoms in total. The Labute approximate surface area is 249 Å². The molecule has 0 bridgehead atoms. The van der Waals surface area contributed by atoms with Gasteiger partial charge in [0.05, 0.1) is 35.3 Å². The highest BCUT2D eigenvalue weighted by atomic mass is 35.5. The highest BCUT2D eigenvalue weighted by Crippen LogP contribution is 2.36. The summed E-state index contributed by atoms with van der Waals surface area (Å²) in [5.41, 5.74) is 1.17. The van der Waals surface area contributed by atoms with Crippen molar-refractivity contribution in [2.75, 3.05) is 36.8 Å². The van der Waals surface area contributed by atoms with E-state index < -0.39 is 34.1 Å². The van der Waals surface area contributed by atoms with Crippen molar-refractivity contribution in [3.63, 3.8) is 0 Å². The van der Waals surface area contributed by atoms with Gasteiger partial charge in [0.15, 0.2) is 11.5 Å². The van der Waals surface area contributed by atoms with Crippen molar-refractivity contribution < 1.29 is 32.4 Å². The second-order valence-corrected chi connectivity index (χ2v) is 12.5. The number of aromatic nitrogens is 1. The number of aliphatic hydroxyl groups excluding tert-OH is 1. The molecule has 4 rings (SSSR count). The number of fused-ring (bicyclic) bond motifs is 1. The lowest BCUT2D eigenvalue weighted by atomic mass is 9.99. The van der Waals surface area contributed by atoms with Crippen LogP contribution < -0.4 is 14.8 Å². The molecule has 0 saturated carbocycles. The van der Waals surface area contributed by atoms with Gasteiger partial charge in [0.25, 0.3) is 15.9 Å². The van der Waals surface area contributed by atoms with Crippen LogP contribution in [0.1, 0.15) is 35.7 Å². The molecule has 1 aliphatic heterocycles. The molecule has 3 N–H and O–H groups in total. The summed E-state index contributed by atoms with van der Waals surface area (Å²) in [6.07, 6.45) is -0.674. The van der Waals surface area contributed by atoms with Crippen molar-refractivity contribution in [1.82, 2.24) is 15.0 Å². The highest BCUT2D eigenvalue weighted by molar-refractivity contribution is 7.92. The first kappa shape index (κ1) is 31.1. The van der Waals surface area contributed by atoms with E-state index in [1.807, 2.05) is 6.92 Å². The molecule has 226 valence electrons. The van der Waals surface area contributed by atoms with E-state index >= 15 is 0 Å². The first-order valence-electron chi connectivity index (χ1n) is 13.3. The monoisotopic (exact) mass is 619 g/mol. The summed E-state index contributed by atoms with van der Waals surface area (Å²) in [4.78, 5) is 29.7. The van der Waals surface area contributed by atoms with Gasteiger partial charge >= 0.3 is 6.03 Å². The third-order valence-corrected chi connectivity index (χ3v) is 8.76. The maximum atomic E-state index is 13.7. The van der Waals surface area contributed by atoms with Gasteiger partial charge in [-0.05, 0) is 57.2 Å². The van der Waals surface area contributed by atoms with Gasteiger partial charge < -0.3 is 29.5 Å². The van der Waals surface area contributed by atoms with Crippen LogP contribution in [0.2, 0.25) is 5.02 Å². The van der Waals surface area contributed by atoms with E-state index in [1.165, 1.54) is 46.2 Å². The zero-order valence-electron chi connectivity index (χ0n) is 23.9. The second kappa shape index (κ2) is 12.6. The number of sulfonamides is 1. The Morgan fingerprint density at radius 3 is 2.55 bits per heavy atom. The normalized spacial score (nSPS) is 17.9. The molecule has 3 atom stereocenters. The third kappa shape index (κ3) is 6.63. The first-order valence-corrected chi connectivity index (χ1v) is 15.1. The van der Waals surface area contributed by atoms with E-state index in [4.69, 9.17) is 20.9 Å². The van der Waals surface area contributed by atoms with Crippen LogP contribution in [0.25, 0.3) is 0 Å². The molecule has 0 saturated heterocycles. The van der Waals surface area contributed by atoms with Crippen LogP contribution in [0.15, 0.2) is 51.9 Å². The van der Waals surface area contributed by atoms with E-state index in [9.17, 15) is 23.1 Å². The predicted molar refractivity (Wildman–Crippen MR) is 157 cm³/mol. The maximum Gasteiger partial charge on any atom is 0.321 e. The van der Waals surface area contributed by atoms with Crippen LogP contribution in [-0.4, -0.2) is 79.3 Å².